The summed E-state index contributed by atoms with van der Waals surface area (Å²) in [4.78, 5) is 2.56. The lowest BCUT2D eigenvalue weighted by atomic mass is 9.86. The van der Waals surface area contributed by atoms with Crippen molar-refractivity contribution >= 4 is 33.2 Å². The first-order valence-electron chi connectivity index (χ1n) is 7.89. The number of anilines is 1. The molecule has 1 atom stereocenters. The van der Waals surface area contributed by atoms with E-state index in [0.29, 0.717) is 12.0 Å². The minimum absolute atomic E-state index is 0.220. The molecule has 1 aliphatic heterocycles. The van der Waals surface area contributed by atoms with Crippen LogP contribution in [0.25, 0.3) is 0 Å². The van der Waals surface area contributed by atoms with Crippen molar-refractivity contribution < 1.29 is 0 Å². The summed E-state index contributed by atoms with van der Waals surface area (Å²) in [7, 11) is 0. The van der Waals surface area contributed by atoms with E-state index in [1.54, 1.807) is 0 Å². The Morgan fingerprint density at radius 3 is 2.57 bits per heavy atom. The number of nitrogens with zero attached hydrogens (tertiary/aromatic N) is 1. The Kier molecular flexibility index (Phi) is 5.61. The summed E-state index contributed by atoms with van der Waals surface area (Å²) < 4.78 is 0.973. The van der Waals surface area contributed by atoms with Gasteiger partial charge in [-0.25, -0.2) is 0 Å². The van der Waals surface area contributed by atoms with Crippen LogP contribution in [0.3, 0.4) is 0 Å². The quantitative estimate of drug-likeness (QED) is 0.790. The number of hydrogen-bond donors (Lipinski definition) is 1. The van der Waals surface area contributed by atoms with Crippen LogP contribution in [0.2, 0.25) is 5.02 Å². The van der Waals surface area contributed by atoms with E-state index in [4.69, 9.17) is 11.6 Å². The second kappa shape index (κ2) is 6.89. The lowest BCUT2D eigenvalue weighted by molar-refractivity contribution is 0.227. The van der Waals surface area contributed by atoms with Crippen molar-refractivity contribution in [2.75, 3.05) is 18.0 Å². The smallest absolute Gasteiger partial charge is 0.0549 e. The van der Waals surface area contributed by atoms with Crippen LogP contribution in [0, 0.1) is 5.92 Å². The van der Waals surface area contributed by atoms with Crippen LogP contribution >= 0.6 is 27.5 Å². The molecule has 1 N–H and O–H groups in total. The zero-order chi connectivity index (χ0) is 15.6. The lowest BCUT2D eigenvalue weighted by Crippen LogP contribution is -2.65. The average molecular weight is 374 g/mol. The van der Waals surface area contributed by atoms with Gasteiger partial charge in [0.05, 0.1) is 5.02 Å². The monoisotopic (exact) mass is 372 g/mol. The van der Waals surface area contributed by atoms with Gasteiger partial charge in [-0.3, -0.25) is 0 Å². The van der Waals surface area contributed by atoms with Gasteiger partial charge in [0.25, 0.3) is 0 Å². The average Bonchev–Trinajstić information content (AvgIpc) is 2.49. The second-order valence-corrected chi connectivity index (χ2v) is 7.67. The van der Waals surface area contributed by atoms with E-state index >= 15 is 0 Å². The Labute approximate surface area is 142 Å². The van der Waals surface area contributed by atoms with Crippen LogP contribution in [0.4, 0.5) is 5.69 Å². The van der Waals surface area contributed by atoms with Crippen LogP contribution in [0.5, 0.6) is 0 Å². The van der Waals surface area contributed by atoms with Gasteiger partial charge in [0.2, 0.25) is 0 Å². The molecule has 1 aliphatic rings. The number of benzene rings is 1. The zero-order valence-corrected chi connectivity index (χ0v) is 15.8. The van der Waals surface area contributed by atoms with Crippen LogP contribution < -0.4 is 10.2 Å². The molecule has 0 aliphatic carbocycles. The van der Waals surface area contributed by atoms with Gasteiger partial charge in [-0.05, 0) is 52.9 Å². The molecule has 1 aromatic carbocycles. The SMILES string of the molecule is CCC1(CC)CN(c2ccc(Cl)c(Br)c2)C(C(C)C)CN1. The fourth-order valence-electron chi connectivity index (χ4n) is 3.20. The molecule has 2 rings (SSSR count). The lowest BCUT2D eigenvalue weighted by Gasteiger charge is -2.50. The van der Waals surface area contributed by atoms with Crippen molar-refractivity contribution in [3.05, 3.63) is 27.7 Å². The molecule has 0 radical (unpaired) electrons. The second-order valence-electron chi connectivity index (χ2n) is 6.41. The summed E-state index contributed by atoms with van der Waals surface area (Å²) in [5.41, 5.74) is 1.48. The zero-order valence-electron chi connectivity index (χ0n) is 13.4. The number of hydrogen-bond acceptors (Lipinski definition) is 2. The predicted octanol–water partition coefficient (Wildman–Crippen LogP) is 5.10. The molecule has 0 aromatic heterocycles. The van der Waals surface area contributed by atoms with E-state index in [2.05, 4.69) is 66.0 Å². The Hall–Kier alpha value is -0.250. The number of halogens is 2. The Balaban J connectivity index is 2.35. The maximum Gasteiger partial charge on any atom is 0.0549 e. The predicted molar refractivity (Wildman–Crippen MR) is 96.4 cm³/mol. The van der Waals surface area contributed by atoms with Crippen LogP contribution in [-0.2, 0) is 0 Å². The summed E-state index contributed by atoms with van der Waals surface area (Å²) in [5.74, 6) is 0.610. The van der Waals surface area contributed by atoms with Crippen molar-refractivity contribution in [3.63, 3.8) is 0 Å². The van der Waals surface area contributed by atoms with Crippen LogP contribution in [0.15, 0.2) is 22.7 Å². The molecule has 21 heavy (non-hydrogen) atoms. The third kappa shape index (κ3) is 3.57. The van der Waals surface area contributed by atoms with Gasteiger partial charge in [0, 0.05) is 34.8 Å². The first-order valence-corrected chi connectivity index (χ1v) is 9.06. The molecule has 0 amide bonds. The molecule has 0 saturated carbocycles. The van der Waals surface area contributed by atoms with E-state index in [-0.39, 0.29) is 5.54 Å². The number of nitrogens with one attached hydrogen (secondary N) is 1. The Bertz CT molecular complexity index is 486. The largest absolute Gasteiger partial charge is 0.365 e. The van der Waals surface area contributed by atoms with E-state index in [1.165, 1.54) is 5.69 Å². The molecule has 0 bridgehead atoms. The molecule has 118 valence electrons. The first-order chi connectivity index (χ1) is 9.92. The summed E-state index contributed by atoms with van der Waals surface area (Å²) >= 11 is 9.71. The minimum atomic E-state index is 0.220. The highest BCUT2D eigenvalue weighted by Crippen LogP contribution is 2.33. The van der Waals surface area contributed by atoms with Crippen molar-refractivity contribution in [2.24, 2.45) is 5.92 Å². The third-order valence-electron chi connectivity index (χ3n) is 4.92. The van der Waals surface area contributed by atoms with E-state index < -0.39 is 0 Å². The molecular formula is C17H26BrClN2. The van der Waals surface area contributed by atoms with Crippen LogP contribution in [-0.4, -0.2) is 24.7 Å². The highest BCUT2D eigenvalue weighted by molar-refractivity contribution is 9.10. The summed E-state index contributed by atoms with van der Waals surface area (Å²) in [6.45, 7) is 11.3. The van der Waals surface area contributed by atoms with Gasteiger partial charge in [-0.2, -0.15) is 0 Å². The normalized spacial score (nSPS) is 21.9. The van der Waals surface area contributed by atoms with Crippen molar-refractivity contribution in [1.29, 1.82) is 0 Å². The first kappa shape index (κ1) is 17.1. The van der Waals surface area contributed by atoms with E-state index in [9.17, 15) is 0 Å². The van der Waals surface area contributed by atoms with Gasteiger partial charge < -0.3 is 10.2 Å². The Morgan fingerprint density at radius 2 is 2.05 bits per heavy atom. The molecule has 1 heterocycles. The highest BCUT2D eigenvalue weighted by Gasteiger charge is 2.37. The van der Waals surface area contributed by atoms with E-state index in [1.807, 2.05) is 6.07 Å². The molecule has 1 aromatic rings. The summed E-state index contributed by atoms with van der Waals surface area (Å²) in [6.07, 6.45) is 2.30. The van der Waals surface area contributed by atoms with Gasteiger partial charge >= 0.3 is 0 Å². The van der Waals surface area contributed by atoms with Gasteiger partial charge in [-0.15, -0.1) is 0 Å². The van der Waals surface area contributed by atoms with Crippen LogP contribution in [0.1, 0.15) is 40.5 Å². The summed E-state index contributed by atoms with van der Waals surface area (Å²) in [5, 5.41) is 4.58. The van der Waals surface area contributed by atoms with Crippen molar-refractivity contribution in [2.45, 2.75) is 52.1 Å². The molecular weight excluding hydrogens is 348 g/mol. The minimum Gasteiger partial charge on any atom is -0.365 e. The van der Waals surface area contributed by atoms with Crippen molar-refractivity contribution in [1.82, 2.24) is 5.32 Å². The fourth-order valence-corrected chi connectivity index (χ4v) is 3.68. The molecule has 0 spiro atoms. The highest BCUT2D eigenvalue weighted by atomic mass is 79.9. The topological polar surface area (TPSA) is 15.3 Å². The molecule has 2 nitrogen and oxygen atoms in total. The maximum atomic E-state index is 6.15. The fraction of sp³-hybridized carbons (Fsp3) is 0.647. The summed E-state index contributed by atoms with van der Waals surface area (Å²) in [6, 6.07) is 6.80. The van der Waals surface area contributed by atoms with Crippen molar-refractivity contribution in [3.8, 4) is 0 Å². The van der Waals surface area contributed by atoms with E-state index in [0.717, 1.165) is 35.4 Å². The number of rotatable bonds is 4. The third-order valence-corrected chi connectivity index (χ3v) is 6.13. The molecule has 1 saturated heterocycles. The van der Waals surface area contributed by atoms with Gasteiger partial charge in [-0.1, -0.05) is 39.3 Å². The van der Waals surface area contributed by atoms with Gasteiger partial charge in [0.15, 0.2) is 0 Å². The Morgan fingerprint density at radius 1 is 1.38 bits per heavy atom. The molecule has 1 fully saturated rings. The maximum absolute atomic E-state index is 6.15. The number of piperazine rings is 1. The molecule has 1 unspecified atom stereocenters. The standard InChI is InChI=1S/C17H26BrClN2/c1-5-17(6-2)11-21(16(10-20-17)12(3)4)13-7-8-15(19)14(18)9-13/h7-9,12,16,20H,5-6,10-11H2,1-4H3. The van der Waals surface area contributed by atoms with Gasteiger partial charge in [0.1, 0.15) is 0 Å². The molecule has 4 heteroatoms.